The van der Waals surface area contributed by atoms with E-state index < -0.39 is 14.9 Å². The number of aryl methyl sites for hydroxylation is 1. The van der Waals surface area contributed by atoms with Gasteiger partial charge in [0.15, 0.2) is 0 Å². The zero-order valence-electron chi connectivity index (χ0n) is 17.0. The van der Waals surface area contributed by atoms with E-state index in [1.54, 1.807) is 19.1 Å². The van der Waals surface area contributed by atoms with Gasteiger partial charge in [-0.3, -0.25) is 19.6 Å². The van der Waals surface area contributed by atoms with Crippen LogP contribution in [0.15, 0.2) is 47.4 Å². The number of hydrogen-bond acceptors (Lipinski definition) is 5. The minimum absolute atomic E-state index is 0.0508. The maximum atomic E-state index is 12.8. The number of nitrogens with one attached hydrogen (secondary N) is 1. The second kappa shape index (κ2) is 8.83. The fourth-order valence-electron chi connectivity index (χ4n) is 3.71. The van der Waals surface area contributed by atoms with Crippen LogP contribution in [-0.4, -0.2) is 36.7 Å². The Balaban J connectivity index is 1.77. The van der Waals surface area contributed by atoms with Gasteiger partial charge in [0.2, 0.25) is 0 Å². The van der Waals surface area contributed by atoms with Crippen LogP contribution in [0.3, 0.4) is 0 Å². The number of nitro groups is 1. The number of carbonyl (C=O) groups is 1. The number of amides is 1. The summed E-state index contributed by atoms with van der Waals surface area (Å²) in [5.41, 5.74) is 0.903. The molecule has 1 saturated heterocycles. The van der Waals surface area contributed by atoms with Gasteiger partial charge in [0, 0.05) is 35.5 Å². The normalized spacial score (nSPS) is 16.9. The fourth-order valence-corrected chi connectivity index (χ4v) is 4.78. The topological polar surface area (TPSA) is 110 Å². The predicted octanol–water partition coefficient (Wildman–Crippen LogP) is 4.11. The van der Waals surface area contributed by atoms with Crippen molar-refractivity contribution in [1.82, 2.24) is 4.90 Å². The second-order valence-corrected chi connectivity index (χ2v) is 9.13. The van der Waals surface area contributed by atoms with E-state index in [0.717, 1.165) is 38.3 Å². The summed E-state index contributed by atoms with van der Waals surface area (Å²) >= 11 is 0. The lowest BCUT2D eigenvalue weighted by atomic mass is 9.99. The van der Waals surface area contributed by atoms with Crippen LogP contribution in [0.25, 0.3) is 0 Å². The van der Waals surface area contributed by atoms with Gasteiger partial charge < -0.3 is 4.90 Å². The van der Waals surface area contributed by atoms with Gasteiger partial charge in [-0.05, 0) is 62.9 Å². The van der Waals surface area contributed by atoms with Crippen LogP contribution in [0.4, 0.5) is 11.4 Å². The van der Waals surface area contributed by atoms with Crippen LogP contribution >= 0.6 is 0 Å². The molecule has 1 atom stereocenters. The number of sulfonamides is 1. The molecule has 0 aliphatic carbocycles. The summed E-state index contributed by atoms with van der Waals surface area (Å²) < 4.78 is 27.7. The molecule has 9 heteroatoms. The summed E-state index contributed by atoms with van der Waals surface area (Å²) in [5.74, 6) is -0.0508. The Morgan fingerprint density at radius 2 is 1.90 bits per heavy atom. The standard InChI is InChI=1S/C21H25N3O5S/c1-3-18-6-4-5-13-23(18)21(25)16-8-10-17(11-9-16)22-30(28,29)19-12-7-15(2)20(14-19)24(26)27/h7-12,14,18,22H,3-6,13H2,1-2H3. The third kappa shape index (κ3) is 4.62. The molecule has 0 saturated carbocycles. The molecule has 30 heavy (non-hydrogen) atoms. The lowest BCUT2D eigenvalue weighted by Gasteiger charge is -2.35. The Kier molecular flexibility index (Phi) is 6.40. The summed E-state index contributed by atoms with van der Waals surface area (Å²) in [6.45, 7) is 4.35. The molecule has 1 unspecified atom stereocenters. The summed E-state index contributed by atoms with van der Waals surface area (Å²) in [4.78, 5) is 25.0. The van der Waals surface area contributed by atoms with E-state index in [9.17, 15) is 23.3 Å². The van der Waals surface area contributed by atoms with Crippen molar-refractivity contribution in [1.29, 1.82) is 0 Å². The van der Waals surface area contributed by atoms with Crippen molar-refractivity contribution in [2.45, 2.75) is 50.5 Å². The first-order valence-electron chi connectivity index (χ1n) is 9.92. The zero-order valence-corrected chi connectivity index (χ0v) is 17.8. The van der Waals surface area contributed by atoms with Crippen LogP contribution in [0.1, 0.15) is 48.5 Å². The Labute approximate surface area is 176 Å². The number of piperidine rings is 1. The molecular formula is C21H25N3O5S. The highest BCUT2D eigenvalue weighted by Crippen LogP contribution is 2.25. The average Bonchev–Trinajstić information content (AvgIpc) is 2.73. The molecule has 1 fully saturated rings. The Bertz CT molecular complexity index is 1050. The number of hydrogen-bond donors (Lipinski definition) is 1. The molecule has 0 aromatic heterocycles. The van der Waals surface area contributed by atoms with Gasteiger partial charge in [0.05, 0.1) is 9.82 Å². The van der Waals surface area contributed by atoms with E-state index in [-0.39, 0.29) is 28.2 Å². The summed E-state index contributed by atoms with van der Waals surface area (Å²) in [7, 11) is -4.00. The van der Waals surface area contributed by atoms with Gasteiger partial charge in [-0.1, -0.05) is 13.0 Å². The molecule has 0 radical (unpaired) electrons. The van der Waals surface area contributed by atoms with E-state index >= 15 is 0 Å². The molecule has 160 valence electrons. The summed E-state index contributed by atoms with van der Waals surface area (Å²) in [6.07, 6.45) is 4.03. The molecular weight excluding hydrogens is 406 g/mol. The first-order valence-corrected chi connectivity index (χ1v) is 11.4. The molecule has 1 amide bonds. The molecule has 2 aromatic rings. The SMILES string of the molecule is CCC1CCCCN1C(=O)c1ccc(NS(=O)(=O)c2ccc(C)c([N+](=O)[O-])c2)cc1. The third-order valence-corrected chi connectivity index (χ3v) is 6.81. The average molecular weight is 432 g/mol. The van der Waals surface area contributed by atoms with E-state index in [2.05, 4.69) is 11.6 Å². The molecule has 1 aliphatic heterocycles. The van der Waals surface area contributed by atoms with Gasteiger partial charge in [0.25, 0.3) is 21.6 Å². The van der Waals surface area contributed by atoms with Crippen molar-refractivity contribution in [2.75, 3.05) is 11.3 Å². The highest BCUT2D eigenvalue weighted by atomic mass is 32.2. The highest BCUT2D eigenvalue weighted by molar-refractivity contribution is 7.92. The molecule has 2 aromatic carbocycles. The number of rotatable bonds is 6. The zero-order chi connectivity index (χ0) is 21.9. The molecule has 8 nitrogen and oxygen atoms in total. The minimum Gasteiger partial charge on any atom is -0.336 e. The molecule has 1 N–H and O–H groups in total. The van der Waals surface area contributed by atoms with Crippen molar-refractivity contribution >= 4 is 27.3 Å². The molecule has 1 heterocycles. The summed E-state index contributed by atoms with van der Waals surface area (Å²) in [5, 5.41) is 11.1. The Hall–Kier alpha value is -2.94. The monoisotopic (exact) mass is 431 g/mol. The first kappa shape index (κ1) is 21.8. The van der Waals surface area contributed by atoms with Gasteiger partial charge in [-0.2, -0.15) is 0 Å². The van der Waals surface area contributed by atoms with Crippen LogP contribution in [0.5, 0.6) is 0 Å². The number of nitro benzene ring substituents is 1. The second-order valence-electron chi connectivity index (χ2n) is 7.44. The van der Waals surface area contributed by atoms with Crippen molar-refractivity contribution in [2.24, 2.45) is 0 Å². The highest BCUT2D eigenvalue weighted by Gasteiger charge is 2.26. The van der Waals surface area contributed by atoms with Crippen molar-refractivity contribution < 1.29 is 18.1 Å². The van der Waals surface area contributed by atoms with E-state index in [1.807, 2.05) is 4.90 Å². The van der Waals surface area contributed by atoms with Crippen molar-refractivity contribution in [3.8, 4) is 0 Å². The van der Waals surface area contributed by atoms with Gasteiger partial charge >= 0.3 is 0 Å². The lowest BCUT2D eigenvalue weighted by Crippen LogP contribution is -2.43. The number of likely N-dealkylation sites (tertiary alicyclic amines) is 1. The largest absolute Gasteiger partial charge is 0.336 e. The Morgan fingerprint density at radius 1 is 1.20 bits per heavy atom. The number of carbonyl (C=O) groups excluding carboxylic acids is 1. The number of nitrogens with zero attached hydrogens (tertiary/aromatic N) is 2. The van der Waals surface area contributed by atoms with Gasteiger partial charge in [-0.25, -0.2) is 8.42 Å². The third-order valence-electron chi connectivity index (χ3n) is 5.43. The van der Waals surface area contributed by atoms with Gasteiger partial charge in [-0.15, -0.1) is 0 Å². The molecule has 3 rings (SSSR count). The quantitative estimate of drug-likeness (QED) is 0.547. The smallest absolute Gasteiger partial charge is 0.273 e. The molecule has 1 aliphatic rings. The van der Waals surface area contributed by atoms with E-state index in [4.69, 9.17) is 0 Å². The number of anilines is 1. The first-order chi connectivity index (χ1) is 14.2. The number of benzene rings is 2. The van der Waals surface area contributed by atoms with Crippen molar-refractivity contribution in [3.63, 3.8) is 0 Å². The van der Waals surface area contributed by atoms with E-state index in [1.165, 1.54) is 24.3 Å². The molecule has 0 spiro atoms. The Morgan fingerprint density at radius 3 is 2.53 bits per heavy atom. The molecule has 0 bridgehead atoms. The van der Waals surface area contributed by atoms with Crippen LogP contribution in [0, 0.1) is 17.0 Å². The van der Waals surface area contributed by atoms with Crippen LogP contribution < -0.4 is 4.72 Å². The minimum atomic E-state index is -4.00. The van der Waals surface area contributed by atoms with Crippen LogP contribution in [0.2, 0.25) is 0 Å². The maximum Gasteiger partial charge on any atom is 0.273 e. The lowest BCUT2D eigenvalue weighted by molar-refractivity contribution is -0.385. The predicted molar refractivity (Wildman–Crippen MR) is 114 cm³/mol. The fraction of sp³-hybridized carbons (Fsp3) is 0.381. The van der Waals surface area contributed by atoms with Crippen molar-refractivity contribution in [3.05, 3.63) is 63.7 Å². The summed E-state index contributed by atoms with van der Waals surface area (Å²) in [6, 6.07) is 10.2. The van der Waals surface area contributed by atoms with Crippen LogP contribution in [-0.2, 0) is 10.0 Å². The van der Waals surface area contributed by atoms with E-state index in [0.29, 0.717) is 11.1 Å². The van der Waals surface area contributed by atoms with Gasteiger partial charge in [0.1, 0.15) is 0 Å². The maximum absolute atomic E-state index is 12.8.